The number of anilines is 2. The summed E-state index contributed by atoms with van der Waals surface area (Å²) in [7, 11) is 0. The van der Waals surface area contributed by atoms with Crippen LogP contribution in [-0.2, 0) is 11.3 Å². The van der Waals surface area contributed by atoms with Crippen LogP contribution < -0.4 is 16.2 Å². The van der Waals surface area contributed by atoms with E-state index in [-0.39, 0.29) is 17.0 Å². The minimum Gasteiger partial charge on any atom is -0.326 e. The molecule has 0 spiro atoms. The lowest BCUT2D eigenvalue weighted by Crippen LogP contribution is -2.29. The third-order valence-electron chi connectivity index (χ3n) is 4.27. The van der Waals surface area contributed by atoms with Crippen molar-refractivity contribution in [2.24, 2.45) is 0 Å². The first-order valence-electron chi connectivity index (χ1n) is 8.87. The van der Waals surface area contributed by atoms with Crippen LogP contribution in [0.3, 0.4) is 0 Å². The number of carbonyl (C=O) groups excluding carboxylic acids is 2. The largest absolute Gasteiger partial charge is 0.326 e. The number of amides is 2. The van der Waals surface area contributed by atoms with E-state index in [1.165, 1.54) is 17.6 Å². The van der Waals surface area contributed by atoms with Gasteiger partial charge < -0.3 is 15.2 Å². The Balaban J connectivity index is 1.84. The third kappa shape index (κ3) is 4.54. The van der Waals surface area contributed by atoms with E-state index >= 15 is 0 Å². The van der Waals surface area contributed by atoms with Crippen molar-refractivity contribution in [3.8, 4) is 0 Å². The fourth-order valence-corrected chi connectivity index (χ4v) is 2.84. The van der Waals surface area contributed by atoms with E-state index in [1.54, 1.807) is 30.5 Å². The zero-order chi connectivity index (χ0) is 20.1. The van der Waals surface area contributed by atoms with Crippen molar-refractivity contribution in [3.63, 3.8) is 0 Å². The lowest BCUT2D eigenvalue weighted by molar-refractivity contribution is -0.114. The van der Waals surface area contributed by atoms with Crippen LogP contribution in [0, 0.1) is 6.92 Å². The summed E-state index contributed by atoms with van der Waals surface area (Å²) in [6.07, 6.45) is 1.66. The number of aryl methyl sites for hydroxylation is 1. The van der Waals surface area contributed by atoms with E-state index in [4.69, 9.17) is 0 Å². The molecule has 2 amide bonds. The van der Waals surface area contributed by atoms with Gasteiger partial charge in [-0.25, -0.2) is 0 Å². The minimum absolute atomic E-state index is 0.0581. The number of hydrogen-bond donors (Lipinski definition) is 2. The topological polar surface area (TPSA) is 80.2 Å². The molecule has 0 saturated heterocycles. The van der Waals surface area contributed by atoms with Gasteiger partial charge in [0.2, 0.25) is 5.91 Å². The zero-order valence-corrected chi connectivity index (χ0v) is 15.7. The summed E-state index contributed by atoms with van der Waals surface area (Å²) >= 11 is 0. The Bertz CT molecular complexity index is 1070. The Kier molecular flexibility index (Phi) is 5.69. The molecule has 0 unspecified atom stereocenters. The second-order valence-electron chi connectivity index (χ2n) is 6.51. The normalized spacial score (nSPS) is 10.4. The van der Waals surface area contributed by atoms with Crippen LogP contribution in [0.2, 0.25) is 0 Å². The molecule has 0 aliphatic rings. The van der Waals surface area contributed by atoms with Gasteiger partial charge in [0.1, 0.15) is 5.56 Å². The molecule has 0 saturated carbocycles. The maximum atomic E-state index is 12.7. The highest BCUT2D eigenvalue weighted by Crippen LogP contribution is 2.20. The number of hydrogen-bond acceptors (Lipinski definition) is 3. The highest BCUT2D eigenvalue weighted by atomic mass is 16.2. The molecule has 6 nitrogen and oxygen atoms in total. The second kappa shape index (κ2) is 8.35. The van der Waals surface area contributed by atoms with Gasteiger partial charge >= 0.3 is 0 Å². The summed E-state index contributed by atoms with van der Waals surface area (Å²) in [6.45, 7) is 3.64. The maximum absolute atomic E-state index is 12.7. The van der Waals surface area contributed by atoms with Gasteiger partial charge in [-0.05, 0) is 42.3 Å². The van der Waals surface area contributed by atoms with Crippen LogP contribution in [-0.4, -0.2) is 16.4 Å². The molecule has 0 aliphatic carbocycles. The van der Waals surface area contributed by atoms with Gasteiger partial charge in [-0.1, -0.05) is 36.4 Å². The van der Waals surface area contributed by atoms with Gasteiger partial charge in [0, 0.05) is 24.5 Å². The van der Waals surface area contributed by atoms with Gasteiger partial charge in [0.25, 0.3) is 11.5 Å². The van der Waals surface area contributed by atoms with Crippen LogP contribution in [0.5, 0.6) is 0 Å². The molecular formula is C22H21N3O3. The van der Waals surface area contributed by atoms with Crippen LogP contribution >= 0.6 is 0 Å². The highest BCUT2D eigenvalue weighted by Gasteiger charge is 2.14. The minimum atomic E-state index is -0.490. The monoisotopic (exact) mass is 375 g/mol. The predicted octanol–water partition coefficient (Wildman–Crippen LogP) is 3.42. The fourth-order valence-electron chi connectivity index (χ4n) is 2.84. The average molecular weight is 375 g/mol. The lowest BCUT2D eigenvalue weighted by atomic mass is 10.1. The molecular weight excluding hydrogens is 354 g/mol. The molecule has 0 radical (unpaired) electrons. The van der Waals surface area contributed by atoms with Gasteiger partial charge in [-0.3, -0.25) is 14.4 Å². The van der Waals surface area contributed by atoms with Gasteiger partial charge in [0.15, 0.2) is 0 Å². The zero-order valence-electron chi connectivity index (χ0n) is 15.7. The number of nitrogens with one attached hydrogen (secondary N) is 2. The van der Waals surface area contributed by atoms with E-state index in [2.05, 4.69) is 10.6 Å². The molecule has 1 heterocycles. The molecule has 6 heteroatoms. The van der Waals surface area contributed by atoms with Crippen LogP contribution in [0.4, 0.5) is 11.4 Å². The van der Waals surface area contributed by atoms with Crippen molar-refractivity contribution in [2.45, 2.75) is 20.4 Å². The molecule has 142 valence electrons. The summed E-state index contributed by atoms with van der Waals surface area (Å²) in [5.74, 6) is -0.691. The standard InChI is InChI=1S/C22H21N3O3/c1-15-10-11-18(23-16(2)26)13-20(15)24-21(27)19-9-6-12-25(22(19)28)14-17-7-4-3-5-8-17/h3-13H,14H2,1-2H3,(H,23,26)(H,24,27). The smallest absolute Gasteiger partial charge is 0.263 e. The predicted molar refractivity (Wildman–Crippen MR) is 110 cm³/mol. The van der Waals surface area contributed by atoms with Crippen molar-refractivity contribution < 1.29 is 9.59 Å². The Hall–Kier alpha value is -3.67. The van der Waals surface area contributed by atoms with Gasteiger partial charge in [-0.2, -0.15) is 0 Å². The van der Waals surface area contributed by atoms with Gasteiger partial charge in [0.05, 0.1) is 6.54 Å². The molecule has 3 rings (SSSR count). The molecule has 2 aromatic carbocycles. The molecule has 0 fully saturated rings. The van der Waals surface area contributed by atoms with Crippen molar-refractivity contribution >= 4 is 23.2 Å². The number of rotatable bonds is 5. The first kappa shape index (κ1) is 19.1. The summed E-state index contributed by atoms with van der Waals surface area (Å²) in [6, 6.07) is 18.0. The van der Waals surface area contributed by atoms with Crippen LogP contribution in [0.25, 0.3) is 0 Å². The van der Waals surface area contributed by atoms with E-state index in [9.17, 15) is 14.4 Å². The van der Waals surface area contributed by atoms with E-state index < -0.39 is 5.91 Å². The molecule has 1 aromatic heterocycles. The Labute approximate surface area is 162 Å². The second-order valence-corrected chi connectivity index (χ2v) is 6.51. The van der Waals surface area contributed by atoms with Crippen molar-refractivity contribution in [3.05, 3.63) is 93.9 Å². The van der Waals surface area contributed by atoms with Gasteiger partial charge in [-0.15, -0.1) is 0 Å². The van der Waals surface area contributed by atoms with Crippen molar-refractivity contribution in [2.75, 3.05) is 10.6 Å². The number of benzene rings is 2. The number of aromatic nitrogens is 1. The lowest BCUT2D eigenvalue weighted by Gasteiger charge is -2.12. The Morgan fingerprint density at radius 1 is 0.964 bits per heavy atom. The summed E-state index contributed by atoms with van der Waals surface area (Å²) < 4.78 is 1.50. The number of pyridine rings is 1. The van der Waals surface area contributed by atoms with Crippen molar-refractivity contribution in [1.82, 2.24) is 4.57 Å². The van der Waals surface area contributed by atoms with E-state index in [0.717, 1.165) is 11.1 Å². The van der Waals surface area contributed by atoms with Crippen LogP contribution in [0.1, 0.15) is 28.4 Å². The average Bonchev–Trinajstić information content (AvgIpc) is 2.66. The highest BCUT2D eigenvalue weighted by molar-refractivity contribution is 6.04. The number of nitrogens with zero attached hydrogens (tertiary/aromatic N) is 1. The van der Waals surface area contributed by atoms with Crippen LogP contribution in [0.15, 0.2) is 71.7 Å². The number of carbonyl (C=O) groups is 2. The molecule has 28 heavy (non-hydrogen) atoms. The first-order valence-corrected chi connectivity index (χ1v) is 8.87. The fraction of sp³-hybridized carbons (Fsp3) is 0.136. The molecule has 0 aliphatic heterocycles. The molecule has 3 aromatic rings. The summed E-state index contributed by atoms with van der Waals surface area (Å²) in [4.78, 5) is 36.7. The first-order chi connectivity index (χ1) is 13.4. The van der Waals surface area contributed by atoms with Crippen molar-refractivity contribution in [1.29, 1.82) is 0 Å². The Morgan fingerprint density at radius 3 is 2.43 bits per heavy atom. The maximum Gasteiger partial charge on any atom is 0.263 e. The summed E-state index contributed by atoms with van der Waals surface area (Å²) in [5, 5.41) is 5.45. The third-order valence-corrected chi connectivity index (χ3v) is 4.27. The Morgan fingerprint density at radius 2 is 1.71 bits per heavy atom. The summed E-state index contributed by atoms with van der Waals surface area (Å²) in [5.41, 5.74) is 2.60. The molecule has 0 atom stereocenters. The molecule has 2 N–H and O–H groups in total. The van der Waals surface area contributed by atoms with E-state index in [1.807, 2.05) is 37.3 Å². The molecule has 0 bridgehead atoms. The SMILES string of the molecule is CC(=O)Nc1ccc(C)c(NC(=O)c2cccn(Cc3ccccc3)c2=O)c1. The van der Waals surface area contributed by atoms with E-state index in [0.29, 0.717) is 17.9 Å². The quantitative estimate of drug-likeness (QED) is 0.717.